The Kier molecular flexibility index (Phi) is 7.14. The molecule has 0 bridgehead atoms. The zero-order chi connectivity index (χ0) is 38.2. The molecule has 0 fully saturated rings. The van der Waals surface area contributed by atoms with E-state index in [4.69, 9.17) is 4.42 Å². The SMILES string of the molecule is c1ccc(N2c3ccccc3C3(c4ccccc4)c4cc(-c5ccc(N(c6ccccc6)c6cccc7c6oc6ccccc67)cc5)ccc4-c4cccc2c43)cc1. The van der Waals surface area contributed by atoms with E-state index in [2.05, 4.69) is 216 Å². The molecule has 0 amide bonds. The first-order valence-electron chi connectivity index (χ1n) is 19.9. The maximum atomic E-state index is 6.56. The quantitative estimate of drug-likeness (QED) is 0.169. The lowest BCUT2D eigenvalue weighted by atomic mass is 9.64. The van der Waals surface area contributed by atoms with E-state index in [0.29, 0.717) is 0 Å². The van der Waals surface area contributed by atoms with Gasteiger partial charge in [-0.15, -0.1) is 0 Å². The van der Waals surface area contributed by atoms with Crippen molar-refractivity contribution in [2.45, 2.75) is 5.41 Å². The van der Waals surface area contributed by atoms with Crippen molar-refractivity contribution in [1.29, 1.82) is 0 Å². The lowest BCUT2D eigenvalue weighted by Crippen LogP contribution is -2.35. The molecule has 3 nitrogen and oxygen atoms in total. The summed E-state index contributed by atoms with van der Waals surface area (Å²) in [6.07, 6.45) is 0. The summed E-state index contributed by atoms with van der Waals surface area (Å²) in [7, 11) is 0. The molecule has 1 aliphatic carbocycles. The molecule has 0 saturated heterocycles. The number of hydrogen-bond donors (Lipinski definition) is 0. The molecule has 0 saturated carbocycles. The fraction of sp³-hybridized carbons (Fsp3) is 0.0182. The summed E-state index contributed by atoms with van der Waals surface area (Å²) in [4.78, 5) is 4.75. The van der Waals surface area contributed by atoms with Crippen LogP contribution in [0.1, 0.15) is 22.3 Å². The van der Waals surface area contributed by atoms with Crippen molar-refractivity contribution < 1.29 is 4.42 Å². The highest BCUT2D eigenvalue weighted by Gasteiger charge is 2.52. The Hall–Kier alpha value is -7.62. The smallest absolute Gasteiger partial charge is 0.159 e. The van der Waals surface area contributed by atoms with E-state index < -0.39 is 5.41 Å². The highest BCUT2D eigenvalue weighted by atomic mass is 16.3. The van der Waals surface area contributed by atoms with Gasteiger partial charge in [0.15, 0.2) is 5.58 Å². The largest absolute Gasteiger partial charge is 0.454 e. The standard InChI is InChI=1S/C55H36N2O/c1-4-16-39(17-5-1)55-47-25-11-12-26-49(47)57(41-20-8-3-9-21-41)50-27-14-23-45(53(50)55)43-35-32-38(36-48(43)55)37-30-33-42(34-31-37)56(40-18-6-2-7-19-40)51-28-15-24-46-44-22-10-13-29-52(44)58-54(46)51/h1-36H. The maximum Gasteiger partial charge on any atom is 0.159 e. The number of fused-ring (bicyclic) bond motifs is 8. The molecular formula is C55H36N2O. The van der Waals surface area contributed by atoms with Crippen molar-refractivity contribution in [3.05, 3.63) is 241 Å². The molecule has 0 spiro atoms. The van der Waals surface area contributed by atoms with E-state index in [-0.39, 0.29) is 0 Å². The van der Waals surface area contributed by atoms with Gasteiger partial charge < -0.3 is 14.2 Å². The van der Waals surface area contributed by atoms with E-state index in [1.54, 1.807) is 0 Å². The van der Waals surface area contributed by atoms with Gasteiger partial charge in [0.25, 0.3) is 0 Å². The Labute approximate surface area is 337 Å². The van der Waals surface area contributed by atoms with Gasteiger partial charge in [-0.05, 0) is 106 Å². The van der Waals surface area contributed by atoms with Gasteiger partial charge in [0.2, 0.25) is 0 Å². The average molecular weight is 741 g/mol. The summed E-state index contributed by atoms with van der Waals surface area (Å²) in [5.41, 5.74) is 18.1. The first-order valence-corrected chi connectivity index (χ1v) is 19.9. The molecule has 2 heterocycles. The number of rotatable bonds is 6. The Morgan fingerprint density at radius 2 is 1.07 bits per heavy atom. The third kappa shape index (κ3) is 4.62. The second-order valence-electron chi connectivity index (χ2n) is 15.2. The zero-order valence-corrected chi connectivity index (χ0v) is 31.6. The third-order valence-electron chi connectivity index (χ3n) is 12.2. The molecule has 0 N–H and O–H groups in total. The zero-order valence-electron chi connectivity index (χ0n) is 31.6. The number of para-hydroxylation sites is 5. The van der Waals surface area contributed by atoms with Crippen LogP contribution in [0.15, 0.2) is 223 Å². The van der Waals surface area contributed by atoms with Crippen molar-refractivity contribution in [1.82, 2.24) is 0 Å². The van der Waals surface area contributed by atoms with Crippen LogP contribution in [0, 0.1) is 0 Å². The van der Waals surface area contributed by atoms with Gasteiger partial charge in [0.05, 0.1) is 22.5 Å². The number of nitrogens with zero attached hydrogens (tertiary/aromatic N) is 2. The predicted molar refractivity (Wildman–Crippen MR) is 239 cm³/mol. The van der Waals surface area contributed by atoms with Gasteiger partial charge in [0.1, 0.15) is 5.58 Å². The second-order valence-corrected chi connectivity index (χ2v) is 15.2. The van der Waals surface area contributed by atoms with Crippen molar-refractivity contribution >= 4 is 56.1 Å². The van der Waals surface area contributed by atoms with Gasteiger partial charge >= 0.3 is 0 Å². The van der Waals surface area contributed by atoms with Crippen LogP contribution in [0.3, 0.4) is 0 Å². The van der Waals surface area contributed by atoms with Crippen molar-refractivity contribution in [2.24, 2.45) is 0 Å². The number of furan rings is 1. The van der Waals surface area contributed by atoms with Crippen LogP contribution in [-0.4, -0.2) is 0 Å². The van der Waals surface area contributed by atoms with Gasteiger partial charge in [-0.3, -0.25) is 0 Å². The minimum absolute atomic E-state index is 0.504. The normalized spacial score (nSPS) is 14.9. The molecule has 2 aliphatic rings. The van der Waals surface area contributed by atoms with Gasteiger partial charge in [-0.1, -0.05) is 152 Å². The molecule has 1 aliphatic heterocycles. The number of anilines is 6. The van der Waals surface area contributed by atoms with E-state index in [0.717, 1.165) is 50.3 Å². The molecule has 0 radical (unpaired) electrons. The van der Waals surface area contributed by atoms with Crippen LogP contribution in [0.2, 0.25) is 0 Å². The highest BCUT2D eigenvalue weighted by Crippen LogP contribution is 2.65. The molecule has 3 heteroatoms. The van der Waals surface area contributed by atoms with Crippen LogP contribution in [-0.2, 0) is 5.41 Å². The van der Waals surface area contributed by atoms with Crippen LogP contribution in [0.5, 0.6) is 0 Å². The molecule has 58 heavy (non-hydrogen) atoms. The molecule has 272 valence electrons. The lowest BCUT2D eigenvalue weighted by molar-refractivity contribution is 0.669. The van der Waals surface area contributed by atoms with Crippen LogP contribution in [0.25, 0.3) is 44.2 Å². The van der Waals surface area contributed by atoms with Crippen LogP contribution in [0.4, 0.5) is 34.1 Å². The Balaban J connectivity index is 1.03. The van der Waals surface area contributed by atoms with Crippen molar-refractivity contribution in [3.8, 4) is 22.3 Å². The van der Waals surface area contributed by atoms with E-state index in [9.17, 15) is 0 Å². The summed E-state index contributed by atoms with van der Waals surface area (Å²) in [6.45, 7) is 0. The number of benzene rings is 9. The Morgan fingerprint density at radius 1 is 0.431 bits per heavy atom. The van der Waals surface area contributed by atoms with Crippen LogP contribution < -0.4 is 9.80 Å². The van der Waals surface area contributed by atoms with E-state index in [1.807, 2.05) is 12.1 Å². The van der Waals surface area contributed by atoms with Gasteiger partial charge in [0, 0.05) is 33.4 Å². The second kappa shape index (κ2) is 12.7. The molecule has 1 unspecified atom stereocenters. The summed E-state index contributed by atoms with van der Waals surface area (Å²) in [5.74, 6) is 0. The molecule has 10 aromatic rings. The Morgan fingerprint density at radius 3 is 1.90 bits per heavy atom. The molecule has 9 aromatic carbocycles. The molecule has 1 aromatic heterocycles. The summed E-state index contributed by atoms with van der Waals surface area (Å²) in [5, 5.41) is 2.23. The maximum absolute atomic E-state index is 6.56. The van der Waals surface area contributed by atoms with Gasteiger partial charge in [-0.25, -0.2) is 0 Å². The Bertz CT molecular complexity index is 3170. The topological polar surface area (TPSA) is 19.6 Å². The summed E-state index contributed by atoms with van der Waals surface area (Å²) >= 11 is 0. The monoisotopic (exact) mass is 740 g/mol. The van der Waals surface area contributed by atoms with Crippen molar-refractivity contribution in [3.63, 3.8) is 0 Å². The fourth-order valence-corrected chi connectivity index (χ4v) is 9.86. The fourth-order valence-electron chi connectivity index (χ4n) is 9.86. The third-order valence-corrected chi connectivity index (χ3v) is 12.2. The summed E-state index contributed by atoms with van der Waals surface area (Å²) in [6, 6.07) is 79.1. The molecular weight excluding hydrogens is 705 g/mol. The molecule has 12 rings (SSSR count). The van der Waals surface area contributed by atoms with Crippen LogP contribution >= 0.6 is 0 Å². The first-order chi connectivity index (χ1) is 28.8. The van der Waals surface area contributed by atoms with Gasteiger partial charge in [-0.2, -0.15) is 0 Å². The van der Waals surface area contributed by atoms with E-state index in [1.165, 1.54) is 50.3 Å². The molecule has 1 atom stereocenters. The average Bonchev–Trinajstić information content (AvgIpc) is 3.83. The lowest BCUT2D eigenvalue weighted by Gasteiger charge is -2.44. The summed E-state index contributed by atoms with van der Waals surface area (Å²) < 4.78 is 6.56. The first kappa shape index (κ1) is 32.6. The predicted octanol–water partition coefficient (Wildman–Crippen LogP) is 14.9. The number of hydrogen-bond acceptors (Lipinski definition) is 3. The highest BCUT2D eigenvalue weighted by molar-refractivity contribution is 6.10. The minimum atomic E-state index is -0.504. The van der Waals surface area contributed by atoms with E-state index >= 15 is 0 Å². The van der Waals surface area contributed by atoms with Crippen molar-refractivity contribution in [2.75, 3.05) is 9.80 Å². The minimum Gasteiger partial charge on any atom is -0.454 e.